The first kappa shape index (κ1) is 16.2. The van der Waals surface area contributed by atoms with Crippen molar-refractivity contribution in [1.82, 2.24) is 9.88 Å². The Kier molecular flexibility index (Phi) is 3.68. The van der Waals surface area contributed by atoms with Gasteiger partial charge in [-0.15, -0.1) is 0 Å². The van der Waals surface area contributed by atoms with E-state index < -0.39 is 5.97 Å². The predicted octanol–water partition coefficient (Wildman–Crippen LogP) is 3.54. The van der Waals surface area contributed by atoms with Gasteiger partial charge < -0.3 is 10.0 Å². The zero-order valence-electron chi connectivity index (χ0n) is 14.0. The number of carbonyl (C=O) groups excluding carboxylic acids is 1. The van der Waals surface area contributed by atoms with Gasteiger partial charge in [0.1, 0.15) is 5.82 Å². The average molecular weight is 350 g/mol. The summed E-state index contributed by atoms with van der Waals surface area (Å²) < 4.78 is 13.1. The van der Waals surface area contributed by atoms with Crippen LogP contribution in [-0.4, -0.2) is 26.9 Å². The lowest BCUT2D eigenvalue weighted by Gasteiger charge is -2.15. The monoisotopic (exact) mass is 350 g/mol. The van der Waals surface area contributed by atoms with Gasteiger partial charge in [0.25, 0.3) is 5.91 Å². The summed E-state index contributed by atoms with van der Waals surface area (Å²) in [5.74, 6) is -1.64. The van der Waals surface area contributed by atoms with Crippen molar-refractivity contribution >= 4 is 22.8 Å². The first-order valence-electron chi connectivity index (χ1n) is 8.14. The summed E-state index contributed by atoms with van der Waals surface area (Å²) in [6.45, 7) is 2.29. The van der Waals surface area contributed by atoms with Crippen molar-refractivity contribution in [1.29, 1.82) is 0 Å². The zero-order chi connectivity index (χ0) is 18.4. The van der Waals surface area contributed by atoms with E-state index in [1.54, 1.807) is 42.3 Å². The number of halogens is 1. The highest BCUT2D eigenvalue weighted by Crippen LogP contribution is 2.35. The maximum Gasteiger partial charge on any atom is 0.336 e. The van der Waals surface area contributed by atoms with E-state index in [4.69, 9.17) is 0 Å². The molecule has 2 aromatic carbocycles. The van der Waals surface area contributed by atoms with Crippen LogP contribution in [0.2, 0.25) is 0 Å². The van der Waals surface area contributed by atoms with E-state index in [9.17, 15) is 19.1 Å². The van der Waals surface area contributed by atoms with E-state index in [1.807, 2.05) is 0 Å². The van der Waals surface area contributed by atoms with E-state index in [1.165, 1.54) is 12.1 Å². The van der Waals surface area contributed by atoms with E-state index in [0.717, 1.165) is 5.56 Å². The SMILES string of the molecule is Cc1c2c(c(C(=O)O)c3cccnc13)CN(Cc1ccc(F)cc1)C2=O. The maximum absolute atomic E-state index is 13.1. The number of aromatic nitrogens is 1. The van der Waals surface area contributed by atoms with Gasteiger partial charge in [0.2, 0.25) is 0 Å². The molecule has 1 aromatic heterocycles. The number of carbonyl (C=O) groups is 2. The van der Waals surface area contributed by atoms with Gasteiger partial charge >= 0.3 is 5.97 Å². The third kappa shape index (κ3) is 2.42. The van der Waals surface area contributed by atoms with Crippen LogP contribution < -0.4 is 0 Å². The van der Waals surface area contributed by atoms with E-state index >= 15 is 0 Å². The van der Waals surface area contributed by atoms with Gasteiger partial charge in [-0.2, -0.15) is 0 Å². The number of pyridine rings is 1. The Hall–Kier alpha value is -3.28. The largest absolute Gasteiger partial charge is 0.478 e. The van der Waals surface area contributed by atoms with Gasteiger partial charge in [0, 0.05) is 24.7 Å². The molecule has 0 saturated heterocycles. The summed E-state index contributed by atoms with van der Waals surface area (Å²) >= 11 is 0. The van der Waals surface area contributed by atoms with Crippen LogP contribution in [0.4, 0.5) is 4.39 Å². The summed E-state index contributed by atoms with van der Waals surface area (Å²) in [5.41, 5.74) is 3.06. The third-order valence-electron chi connectivity index (χ3n) is 4.76. The molecule has 0 saturated carbocycles. The number of amides is 1. The Bertz CT molecular complexity index is 1060. The van der Waals surface area contributed by atoms with E-state index in [-0.39, 0.29) is 30.4 Å². The number of fused-ring (bicyclic) bond motifs is 2. The second-order valence-electron chi connectivity index (χ2n) is 6.35. The molecule has 1 amide bonds. The first-order chi connectivity index (χ1) is 12.5. The van der Waals surface area contributed by atoms with Gasteiger partial charge in [-0.1, -0.05) is 18.2 Å². The van der Waals surface area contributed by atoms with Gasteiger partial charge in [-0.25, -0.2) is 9.18 Å². The number of carboxylic acid groups (broad SMARTS) is 1. The van der Waals surface area contributed by atoms with Gasteiger partial charge in [0.15, 0.2) is 0 Å². The molecule has 1 aliphatic heterocycles. The molecule has 1 aliphatic rings. The Balaban J connectivity index is 1.83. The summed E-state index contributed by atoms with van der Waals surface area (Å²) in [7, 11) is 0. The fraction of sp³-hybridized carbons (Fsp3) is 0.150. The van der Waals surface area contributed by atoms with Crippen LogP contribution in [-0.2, 0) is 13.1 Å². The number of carboxylic acids is 1. The van der Waals surface area contributed by atoms with E-state index in [2.05, 4.69) is 4.98 Å². The molecule has 26 heavy (non-hydrogen) atoms. The summed E-state index contributed by atoms with van der Waals surface area (Å²) in [6, 6.07) is 9.33. The van der Waals surface area contributed by atoms with Gasteiger partial charge in [-0.05, 0) is 41.8 Å². The van der Waals surface area contributed by atoms with Crippen LogP contribution in [0.15, 0.2) is 42.6 Å². The van der Waals surface area contributed by atoms with Crippen LogP contribution in [0.3, 0.4) is 0 Å². The Labute approximate surface area is 148 Å². The van der Waals surface area contributed by atoms with Crippen molar-refractivity contribution in [3.05, 3.63) is 76.2 Å². The Morgan fingerprint density at radius 3 is 2.69 bits per heavy atom. The van der Waals surface area contributed by atoms with Crippen molar-refractivity contribution in [2.45, 2.75) is 20.0 Å². The molecule has 0 fully saturated rings. The van der Waals surface area contributed by atoms with E-state index in [0.29, 0.717) is 27.6 Å². The fourth-order valence-corrected chi connectivity index (χ4v) is 3.59. The second-order valence-corrected chi connectivity index (χ2v) is 6.35. The van der Waals surface area contributed by atoms with Gasteiger partial charge in [-0.3, -0.25) is 9.78 Å². The Morgan fingerprint density at radius 1 is 1.27 bits per heavy atom. The second kappa shape index (κ2) is 5.91. The minimum atomic E-state index is -1.07. The molecular formula is C20H15FN2O3. The third-order valence-corrected chi connectivity index (χ3v) is 4.76. The highest BCUT2D eigenvalue weighted by Gasteiger charge is 2.35. The van der Waals surface area contributed by atoms with Crippen LogP contribution in [0, 0.1) is 12.7 Å². The quantitative estimate of drug-likeness (QED) is 0.784. The summed E-state index contributed by atoms with van der Waals surface area (Å²) in [5, 5.41) is 10.3. The molecule has 4 rings (SSSR count). The molecule has 0 radical (unpaired) electrons. The first-order valence-corrected chi connectivity index (χ1v) is 8.14. The normalized spacial score (nSPS) is 13.3. The summed E-state index contributed by atoms with van der Waals surface area (Å²) in [6.07, 6.45) is 1.59. The highest BCUT2D eigenvalue weighted by atomic mass is 19.1. The molecule has 0 unspecified atom stereocenters. The molecule has 0 aliphatic carbocycles. The Morgan fingerprint density at radius 2 is 2.00 bits per heavy atom. The molecule has 3 aromatic rings. The molecule has 0 spiro atoms. The molecule has 2 heterocycles. The summed E-state index contributed by atoms with van der Waals surface area (Å²) in [4.78, 5) is 30.7. The van der Waals surface area contributed by atoms with Crippen LogP contribution in [0.1, 0.15) is 37.4 Å². The van der Waals surface area contributed by atoms with Crippen molar-refractivity contribution in [3.8, 4) is 0 Å². The van der Waals surface area contributed by atoms with Crippen LogP contribution in [0.25, 0.3) is 10.9 Å². The smallest absolute Gasteiger partial charge is 0.336 e. The van der Waals surface area contributed by atoms with Crippen LogP contribution in [0.5, 0.6) is 0 Å². The molecule has 130 valence electrons. The van der Waals surface area contributed by atoms with Crippen molar-refractivity contribution in [2.75, 3.05) is 0 Å². The molecule has 0 bridgehead atoms. The minimum Gasteiger partial charge on any atom is -0.478 e. The van der Waals surface area contributed by atoms with Gasteiger partial charge in [0.05, 0.1) is 16.6 Å². The molecular weight excluding hydrogens is 335 g/mol. The molecule has 6 heteroatoms. The lowest BCUT2D eigenvalue weighted by molar-refractivity contribution is 0.0693. The van der Waals surface area contributed by atoms with Crippen molar-refractivity contribution < 1.29 is 19.1 Å². The number of rotatable bonds is 3. The lowest BCUT2D eigenvalue weighted by Crippen LogP contribution is -2.23. The average Bonchev–Trinajstić information content (AvgIpc) is 2.93. The standard InChI is InChI=1S/C20H15FN2O3/c1-11-16-15(17(20(25)26)14-3-2-8-22-18(11)14)10-23(19(16)24)9-12-4-6-13(21)7-5-12/h2-8H,9-10H2,1H3,(H,25,26). The highest BCUT2D eigenvalue weighted by molar-refractivity contribution is 6.12. The molecule has 1 N–H and O–H groups in total. The number of hydrogen-bond acceptors (Lipinski definition) is 3. The van der Waals surface area contributed by atoms with Crippen molar-refractivity contribution in [2.24, 2.45) is 0 Å². The predicted molar refractivity (Wildman–Crippen MR) is 93.4 cm³/mol. The lowest BCUT2D eigenvalue weighted by atomic mass is 9.93. The number of aryl methyl sites for hydroxylation is 1. The topological polar surface area (TPSA) is 70.5 Å². The zero-order valence-corrected chi connectivity index (χ0v) is 14.0. The minimum absolute atomic E-state index is 0.128. The van der Waals surface area contributed by atoms with Crippen molar-refractivity contribution in [3.63, 3.8) is 0 Å². The van der Waals surface area contributed by atoms with Crippen LogP contribution >= 0.6 is 0 Å². The molecule has 5 nitrogen and oxygen atoms in total. The molecule has 0 atom stereocenters. The number of hydrogen-bond donors (Lipinski definition) is 1. The maximum atomic E-state index is 13.1. The number of nitrogens with zero attached hydrogens (tertiary/aromatic N) is 2. The number of aromatic carboxylic acids is 1. The fourth-order valence-electron chi connectivity index (χ4n) is 3.59. The number of benzene rings is 2.